The molecule has 0 saturated heterocycles. The lowest BCUT2D eigenvalue weighted by molar-refractivity contribution is -0.122. The third-order valence-corrected chi connectivity index (χ3v) is 7.66. The average molecular weight is 401 g/mol. The van der Waals surface area contributed by atoms with Crippen LogP contribution in [0.3, 0.4) is 0 Å². The van der Waals surface area contributed by atoms with Gasteiger partial charge in [-0.05, 0) is 22.6 Å². The van der Waals surface area contributed by atoms with Gasteiger partial charge in [-0.3, -0.25) is 4.79 Å². The van der Waals surface area contributed by atoms with E-state index in [-0.39, 0.29) is 23.7 Å². The minimum atomic E-state index is -0.828. The lowest BCUT2D eigenvalue weighted by Crippen LogP contribution is -2.49. The van der Waals surface area contributed by atoms with Gasteiger partial charge in [0.1, 0.15) is 6.10 Å². The van der Waals surface area contributed by atoms with Gasteiger partial charge in [-0.2, -0.15) is 0 Å². The van der Waals surface area contributed by atoms with E-state index in [0.29, 0.717) is 5.03 Å². The zero-order valence-corrected chi connectivity index (χ0v) is 17.3. The van der Waals surface area contributed by atoms with Crippen molar-refractivity contribution >= 4 is 29.3 Å². The summed E-state index contributed by atoms with van der Waals surface area (Å²) in [4.78, 5) is 26.9. The lowest BCUT2D eigenvalue weighted by Gasteiger charge is -2.48. The molecule has 0 unspecified atom stereocenters. The van der Waals surface area contributed by atoms with Crippen molar-refractivity contribution in [3.05, 3.63) is 53.1 Å². The number of hydrogen-bond acceptors (Lipinski definition) is 3. The zero-order chi connectivity index (χ0) is 20.6. The summed E-state index contributed by atoms with van der Waals surface area (Å²) < 4.78 is 5.71. The fraction of sp³-hybridized carbons (Fsp3) is 0.455. The van der Waals surface area contributed by atoms with Gasteiger partial charge in [-0.25, -0.2) is 4.79 Å². The Hall–Kier alpha value is -2.27. The molecular weight excluding hydrogens is 376 g/mol. The predicted molar refractivity (Wildman–Crippen MR) is 109 cm³/mol. The first-order valence-corrected chi connectivity index (χ1v) is 9.81. The number of allylic oxidation sites excluding steroid dienone is 2. The second-order valence-electron chi connectivity index (χ2n) is 8.84. The van der Waals surface area contributed by atoms with E-state index in [1.165, 1.54) is 0 Å². The molecule has 4 rings (SSSR count). The highest BCUT2D eigenvalue weighted by Gasteiger charge is 2.61. The monoisotopic (exact) mass is 400 g/mol. The molecule has 0 spiro atoms. The van der Waals surface area contributed by atoms with Crippen LogP contribution < -0.4 is 10.6 Å². The number of benzene rings is 1. The number of likely N-dealkylation sites (N-methyl/N-ethyl adjacent to an activating group) is 1. The molecule has 1 aromatic carbocycles. The quantitative estimate of drug-likeness (QED) is 0.753. The van der Waals surface area contributed by atoms with Crippen molar-refractivity contribution in [1.82, 2.24) is 0 Å². The minimum absolute atomic E-state index is 0.0441. The SMILES string of the molecule is C=C[C@]1(C)C(Cl)=C[C@H]2[C@H](OC(N)=O)[C@@H]1c1cccc3c1[C@H](C(=O)N3C)C2(C)C. The molecule has 3 aliphatic rings. The van der Waals surface area contributed by atoms with Gasteiger partial charge >= 0.3 is 6.09 Å². The first-order chi connectivity index (χ1) is 13.1. The smallest absolute Gasteiger partial charge is 0.404 e. The molecule has 6 heteroatoms. The molecule has 0 fully saturated rings. The summed E-state index contributed by atoms with van der Waals surface area (Å²) in [5.41, 5.74) is 7.14. The minimum Gasteiger partial charge on any atom is -0.445 e. The highest BCUT2D eigenvalue weighted by molar-refractivity contribution is 6.30. The fourth-order valence-electron chi connectivity index (χ4n) is 5.53. The Labute approximate surface area is 170 Å². The number of carbonyl (C=O) groups is 2. The van der Waals surface area contributed by atoms with E-state index in [0.717, 1.165) is 16.8 Å². The van der Waals surface area contributed by atoms with Gasteiger partial charge in [-0.15, -0.1) is 6.58 Å². The standard InChI is InChI=1S/C22H25ClN2O3/c1-6-22(4)14(23)10-12-18(28-20(24)27)16(22)11-8-7-9-13-15(11)17(21(12,2)3)19(26)25(13)5/h6-10,12,16-18H,1H2,2-5H3,(H2,24,27)/t12-,16-,17+,18-,22+/m0/s1. The molecule has 0 radical (unpaired) electrons. The summed E-state index contributed by atoms with van der Waals surface area (Å²) in [6.45, 7) is 10.1. The molecule has 2 N–H and O–H groups in total. The normalized spacial score (nSPS) is 35.0. The Balaban J connectivity index is 2.11. The van der Waals surface area contributed by atoms with E-state index >= 15 is 0 Å². The number of nitrogens with zero attached hydrogens (tertiary/aromatic N) is 1. The number of rotatable bonds is 2. The summed E-state index contributed by atoms with van der Waals surface area (Å²) in [7, 11) is 1.81. The van der Waals surface area contributed by atoms with Crippen molar-refractivity contribution in [2.24, 2.45) is 22.5 Å². The summed E-state index contributed by atoms with van der Waals surface area (Å²) >= 11 is 6.79. The van der Waals surface area contributed by atoms with E-state index in [9.17, 15) is 9.59 Å². The second-order valence-corrected chi connectivity index (χ2v) is 9.25. The zero-order valence-electron chi connectivity index (χ0n) is 16.5. The number of hydrogen-bond donors (Lipinski definition) is 1. The molecule has 5 nitrogen and oxygen atoms in total. The maximum Gasteiger partial charge on any atom is 0.404 e. The third kappa shape index (κ3) is 2.20. The molecule has 0 saturated carbocycles. The van der Waals surface area contributed by atoms with Crippen LogP contribution in [0.1, 0.15) is 43.7 Å². The van der Waals surface area contributed by atoms with Crippen molar-refractivity contribution in [2.75, 3.05) is 11.9 Å². The molecule has 2 bridgehead atoms. The highest BCUT2D eigenvalue weighted by Crippen LogP contribution is 2.64. The lowest BCUT2D eigenvalue weighted by atomic mass is 9.60. The topological polar surface area (TPSA) is 72.6 Å². The van der Waals surface area contributed by atoms with Crippen LogP contribution in [0, 0.1) is 16.7 Å². The van der Waals surface area contributed by atoms with Gasteiger partial charge in [0.25, 0.3) is 0 Å². The van der Waals surface area contributed by atoms with E-state index in [1.807, 2.05) is 52.1 Å². The molecule has 1 aromatic rings. The van der Waals surface area contributed by atoms with E-state index in [4.69, 9.17) is 22.1 Å². The van der Waals surface area contributed by atoms with Crippen LogP contribution in [-0.4, -0.2) is 25.2 Å². The number of anilines is 1. The third-order valence-electron chi connectivity index (χ3n) is 7.13. The number of primary amides is 1. The molecule has 2 aliphatic carbocycles. The van der Waals surface area contributed by atoms with E-state index in [2.05, 4.69) is 6.58 Å². The number of amides is 2. The van der Waals surface area contributed by atoms with Crippen molar-refractivity contribution in [3.63, 3.8) is 0 Å². The van der Waals surface area contributed by atoms with Crippen LogP contribution >= 0.6 is 11.6 Å². The number of fused-ring (bicyclic) bond motifs is 3. The first kappa shape index (κ1) is 19.1. The van der Waals surface area contributed by atoms with Gasteiger partial charge in [0.15, 0.2) is 0 Å². The van der Waals surface area contributed by atoms with Crippen LogP contribution in [0.15, 0.2) is 42.0 Å². The van der Waals surface area contributed by atoms with Crippen molar-refractivity contribution in [2.45, 2.75) is 38.7 Å². The van der Waals surface area contributed by atoms with Crippen LogP contribution in [-0.2, 0) is 9.53 Å². The van der Waals surface area contributed by atoms with Crippen LogP contribution in [0.25, 0.3) is 0 Å². The number of halogens is 1. The van der Waals surface area contributed by atoms with E-state index < -0.39 is 23.0 Å². The van der Waals surface area contributed by atoms with Crippen molar-refractivity contribution < 1.29 is 14.3 Å². The summed E-state index contributed by atoms with van der Waals surface area (Å²) in [6, 6.07) is 5.91. The maximum absolute atomic E-state index is 13.3. The van der Waals surface area contributed by atoms with Gasteiger partial charge in [0, 0.05) is 35.0 Å². The molecule has 2 amide bonds. The number of nitrogens with two attached hydrogens (primary N) is 1. The van der Waals surface area contributed by atoms with Crippen LogP contribution in [0.4, 0.5) is 10.5 Å². The van der Waals surface area contributed by atoms with Crippen molar-refractivity contribution in [1.29, 1.82) is 0 Å². The Bertz CT molecular complexity index is 938. The number of ether oxygens (including phenoxy) is 1. The average Bonchev–Trinajstić information content (AvgIpc) is 2.86. The summed E-state index contributed by atoms with van der Waals surface area (Å²) in [6.07, 6.45) is 2.36. The first-order valence-electron chi connectivity index (χ1n) is 9.43. The van der Waals surface area contributed by atoms with Crippen molar-refractivity contribution in [3.8, 4) is 0 Å². The van der Waals surface area contributed by atoms with Gasteiger partial charge in [-0.1, -0.05) is 56.7 Å². The molecule has 148 valence electrons. The Morgan fingerprint density at radius 1 is 1.36 bits per heavy atom. The molecule has 0 aromatic heterocycles. The number of carbonyl (C=O) groups excluding carboxylic acids is 2. The molecule has 1 aliphatic heterocycles. The van der Waals surface area contributed by atoms with Gasteiger partial charge < -0.3 is 15.4 Å². The van der Waals surface area contributed by atoms with E-state index in [1.54, 1.807) is 11.0 Å². The maximum atomic E-state index is 13.3. The Kier molecular flexibility index (Phi) is 3.99. The molecule has 1 heterocycles. The summed E-state index contributed by atoms with van der Waals surface area (Å²) in [5, 5.41) is 0.647. The molecular formula is C22H25ClN2O3. The highest BCUT2D eigenvalue weighted by atomic mass is 35.5. The van der Waals surface area contributed by atoms with Crippen LogP contribution in [0.5, 0.6) is 0 Å². The van der Waals surface area contributed by atoms with Gasteiger partial charge in [0.2, 0.25) is 5.91 Å². The Morgan fingerprint density at radius 3 is 2.64 bits per heavy atom. The van der Waals surface area contributed by atoms with Crippen LogP contribution in [0.2, 0.25) is 0 Å². The molecule has 5 atom stereocenters. The Morgan fingerprint density at radius 2 is 2.04 bits per heavy atom. The van der Waals surface area contributed by atoms with Gasteiger partial charge in [0.05, 0.1) is 5.92 Å². The predicted octanol–water partition coefficient (Wildman–Crippen LogP) is 4.28. The fourth-order valence-corrected chi connectivity index (χ4v) is 5.86. The second kappa shape index (κ2) is 5.86. The summed E-state index contributed by atoms with van der Waals surface area (Å²) in [5.74, 6) is -0.877. The molecule has 28 heavy (non-hydrogen) atoms. The largest absolute Gasteiger partial charge is 0.445 e.